The van der Waals surface area contributed by atoms with Crippen molar-refractivity contribution in [2.24, 2.45) is 5.73 Å². The Hall–Kier alpha value is -1.14. The fourth-order valence-electron chi connectivity index (χ4n) is 0.899. The summed E-state index contributed by atoms with van der Waals surface area (Å²) in [6, 6.07) is 1.98. The van der Waals surface area contributed by atoms with Gasteiger partial charge in [-0.05, 0) is 12.5 Å². The van der Waals surface area contributed by atoms with Gasteiger partial charge < -0.3 is 10.2 Å². The van der Waals surface area contributed by atoms with Crippen LogP contribution in [0.25, 0.3) is 0 Å². The molecule has 7 heteroatoms. The van der Waals surface area contributed by atoms with Gasteiger partial charge in [0.2, 0.25) is 0 Å². The van der Waals surface area contributed by atoms with Crippen molar-refractivity contribution >= 4 is 18.3 Å². The van der Waals surface area contributed by atoms with Gasteiger partial charge in [0.15, 0.2) is 0 Å². The van der Waals surface area contributed by atoms with E-state index < -0.39 is 17.6 Å². The predicted octanol–water partition coefficient (Wildman–Crippen LogP) is 1.97. The summed E-state index contributed by atoms with van der Waals surface area (Å²) >= 11 is 0. The largest absolute Gasteiger partial charge is 0.433 e. The summed E-state index contributed by atoms with van der Waals surface area (Å²) < 4.78 is 16.6. The number of nitrogens with zero attached hydrogens (tertiary/aromatic N) is 1. The van der Waals surface area contributed by atoms with Crippen molar-refractivity contribution < 1.29 is 13.7 Å². The monoisotopic (exact) mass is 224 g/mol. The molecule has 0 aliphatic heterocycles. The molecule has 0 spiro atoms. The van der Waals surface area contributed by atoms with Crippen LogP contribution >= 0.6 is 12.4 Å². The summed E-state index contributed by atoms with van der Waals surface area (Å²) in [6.45, 7) is -0.574. The molecule has 5 nitrogen and oxygen atoms in total. The van der Waals surface area contributed by atoms with Crippen LogP contribution in [0.15, 0.2) is 16.5 Å². The molecule has 2 N–H and O–H groups in total. The lowest BCUT2D eigenvalue weighted by Gasteiger charge is -2.03. The molecule has 1 rings (SSSR count). The number of hydrogen-bond acceptors (Lipinski definition) is 4. The lowest BCUT2D eigenvalue weighted by Crippen LogP contribution is -2.09. The molecule has 0 saturated heterocycles. The van der Waals surface area contributed by atoms with E-state index in [0.717, 1.165) is 0 Å². The van der Waals surface area contributed by atoms with Gasteiger partial charge in [0.1, 0.15) is 10.7 Å². The molecule has 1 aromatic rings. The summed E-state index contributed by atoms with van der Waals surface area (Å²) in [6.07, 6.45) is 0.102. The summed E-state index contributed by atoms with van der Waals surface area (Å²) in [5.74, 6) is -0.131. The van der Waals surface area contributed by atoms with E-state index in [4.69, 9.17) is 10.2 Å². The van der Waals surface area contributed by atoms with Crippen molar-refractivity contribution in [1.29, 1.82) is 0 Å². The Kier molecular flexibility index (Phi) is 5.11. The van der Waals surface area contributed by atoms with Gasteiger partial charge in [-0.2, -0.15) is 0 Å². The molecule has 0 aliphatic carbocycles. The molecular weight excluding hydrogens is 215 g/mol. The van der Waals surface area contributed by atoms with E-state index in [9.17, 15) is 14.5 Å². The third kappa shape index (κ3) is 2.97. The number of halogens is 2. The molecule has 1 aromatic heterocycles. The second kappa shape index (κ2) is 5.56. The van der Waals surface area contributed by atoms with Crippen LogP contribution in [0.1, 0.15) is 18.2 Å². The van der Waals surface area contributed by atoms with Gasteiger partial charge in [0, 0.05) is 0 Å². The van der Waals surface area contributed by atoms with Gasteiger partial charge in [-0.25, -0.2) is 0 Å². The molecule has 0 saturated carbocycles. The molecule has 0 aliphatic rings. The normalized spacial score (nSPS) is 11.9. The second-order valence-corrected chi connectivity index (χ2v) is 2.52. The molecule has 0 aromatic carbocycles. The fraction of sp³-hybridized carbons (Fsp3) is 0.429. The molecule has 0 amide bonds. The SMILES string of the molecule is Cl.N[C@@H](CCF)c1ccc([N+](=O)[O-])o1. The van der Waals surface area contributed by atoms with Gasteiger partial charge in [0.25, 0.3) is 0 Å². The van der Waals surface area contributed by atoms with E-state index in [1.54, 1.807) is 0 Å². The molecule has 0 radical (unpaired) electrons. The first-order chi connectivity index (χ1) is 6.15. The first-order valence-electron chi connectivity index (χ1n) is 3.71. The fourth-order valence-corrected chi connectivity index (χ4v) is 0.899. The maximum Gasteiger partial charge on any atom is 0.433 e. The van der Waals surface area contributed by atoms with Crippen LogP contribution < -0.4 is 5.73 Å². The number of alkyl halides is 1. The average molecular weight is 225 g/mol. The highest BCUT2D eigenvalue weighted by atomic mass is 35.5. The van der Waals surface area contributed by atoms with Crippen molar-refractivity contribution in [3.63, 3.8) is 0 Å². The van der Waals surface area contributed by atoms with Crippen molar-refractivity contribution in [3.05, 3.63) is 28.0 Å². The molecule has 80 valence electrons. The van der Waals surface area contributed by atoms with E-state index in [-0.39, 0.29) is 30.5 Å². The lowest BCUT2D eigenvalue weighted by atomic mass is 10.2. The van der Waals surface area contributed by atoms with Gasteiger partial charge in [-0.1, -0.05) is 0 Å². The van der Waals surface area contributed by atoms with E-state index >= 15 is 0 Å². The quantitative estimate of drug-likeness (QED) is 0.626. The first kappa shape index (κ1) is 12.9. The van der Waals surface area contributed by atoms with Gasteiger partial charge in [0.05, 0.1) is 18.8 Å². The van der Waals surface area contributed by atoms with Gasteiger partial charge in [-0.15, -0.1) is 12.4 Å². The highest BCUT2D eigenvalue weighted by Gasteiger charge is 2.16. The second-order valence-electron chi connectivity index (χ2n) is 2.52. The Morgan fingerprint density at radius 1 is 1.64 bits per heavy atom. The molecule has 14 heavy (non-hydrogen) atoms. The van der Waals surface area contributed by atoms with E-state index in [1.165, 1.54) is 12.1 Å². The molecule has 1 atom stereocenters. The third-order valence-corrected chi connectivity index (χ3v) is 1.58. The minimum Gasteiger partial charge on any atom is -0.404 e. The summed E-state index contributed by atoms with van der Waals surface area (Å²) in [7, 11) is 0. The van der Waals surface area contributed by atoms with Crippen LogP contribution in [0.3, 0.4) is 0 Å². The number of nitro groups is 1. The zero-order valence-electron chi connectivity index (χ0n) is 7.18. The van der Waals surface area contributed by atoms with Crippen molar-refractivity contribution in [2.45, 2.75) is 12.5 Å². The first-order valence-corrected chi connectivity index (χ1v) is 3.71. The summed E-state index contributed by atoms with van der Waals surface area (Å²) in [5, 5.41) is 10.2. The Bertz CT molecular complexity index is 305. The minimum atomic E-state index is -0.661. The van der Waals surface area contributed by atoms with Crippen LogP contribution in [0, 0.1) is 10.1 Å². The standard InChI is InChI=1S/C7H9FN2O3.ClH/c8-4-3-5(9)6-1-2-7(13-6)10(11)12;/h1-2,5H,3-4,9H2;1H/t5-;/m0./s1. The predicted molar refractivity (Wildman–Crippen MR) is 50.1 cm³/mol. The highest BCUT2D eigenvalue weighted by molar-refractivity contribution is 5.85. The van der Waals surface area contributed by atoms with E-state index in [2.05, 4.69) is 0 Å². The number of rotatable bonds is 4. The third-order valence-electron chi connectivity index (χ3n) is 1.58. The van der Waals surface area contributed by atoms with E-state index in [0.29, 0.717) is 0 Å². The van der Waals surface area contributed by atoms with E-state index in [1.807, 2.05) is 0 Å². The number of hydrogen-bond donors (Lipinski definition) is 1. The van der Waals surface area contributed by atoms with Crippen LogP contribution in [0.2, 0.25) is 0 Å². The van der Waals surface area contributed by atoms with Crippen LogP contribution in [0.4, 0.5) is 10.3 Å². The topological polar surface area (TPSA) is 82.3 Å². The molecular formula is C7H10ClFN2O3. The zero-order chi connectivity index (χ0) is 9.84. The van der Waals surface area contributed by atoms with Crippen LogP contribution in [0.5, 0.6) is 0 Å². The zero-order valence-corrected chi connectivity index (χ0v) is 8.00. The smallest absolute Gasteiger partial charge is 0.404 e. The molecule has 0 unspecified atom stereocenters. The van der Waals surface area contributed by atoms with Crippen molar-refractivity contribution in [1.82, 2.24) is 0 Å². The van der Waals surface area contributed by atoms with Crippen molar-refractivity contribution in [2.75, 3.05) is 6.67 Å². The Morgan fingerprint density at radius 3 is 2.71 bits per heavy atom. The maximum absolute atomic E-state index is 11.8. The van der Waals surface area contributed by atoms with Crippen LogP contribution in [-0.2, 0) is 0 Å². The average Bonchev–Trinajstić information content (AvgIpc) is 2.52. The number of furan rings is 1. The molecule has 0 bridgehead atoms. The van der Waals surface area contributed by atoms with Gasteiger partial charge in [-0.3, -0.25) is 14.5 Å². The Labute approximate surface area is 85.6 Å². The lowest BCUT2D eigenvalue weighted by molar-refractivity contribution is -0.402. The summed E-state index contributed by atoms with van der Waals surface area (Å²) in [4.78, 5) is 9.53. The summed E-state index contributed by atoms with van der Waals surface area (Å²) in [5.41, 5.74) is 5.46. The number of nitrogens with two attached hydrogens (primary N) is 1. The molecule has 0 fully saturated rings. The molecule has 1 heterocycles. The maximum atomic E-state index is 11.8. The highest BCUT2D eigenvalue weighted by Crippen LogP contribution is 2.21. The Morgan fingerprint density at radius 2 is 2.29 bits per heavy atom. The minimum absolute atomic E-state index is 0. The Balaban J connectivity index is 0.00000169. The van der Waals surface area contributed by atoms with Crippen LogP contribution in [-0.4, -0.2) is 11.6 Å². The van der Waals surface area contributed by atoms with Crippen molar-refractivity contribution in [3.8, 4) is 0 Å². The van der Waals surface area contributed by atoms with Gasteiger partial charge >= 0.3 is 5.88 Å².